The van der Waals surface area contributed by atoms with Gasteiger partial charge in [0.25, 0.3) is 0 Å². The fourth-order valence-electron chi connectivity index (χ4n) is 1.34. The first-order chi connectivity index (χ1) is 8.90. The molecule has 0 heterocycles. The normalized spacial score (nSPS) is 11.7. The molecule has 1 aromatic carbocycles. The van der Waals surface area contributed by atoms with Crippen molar-refractivity contribution in [1.29, 1.82) is 0 Å². The average molecular weight is 305 g/mol. The van der Waals surface area contributed by atoms with E-state index in [4.69, 9.17) is 28.3 Å². The molecule has 0 radical (unpaired) electrons. The van der Waals surface area contributed by atoms with E-state index in [1.807, 2.05) is 0 Å². The molecule has 0 aliphatic heterocycles. The van der Waals surface area contributed by atoms with Crippen molar-refractivity contribution in [2.45, 2.75) is 19.4 Å². The first kappa shape index (κ1) is 15.6. The molecule has 2 amide bonds. The van der Waals surface area contributed by atoms with Gasteiger partial charge in [-0.15, -0.1) is 0 Å². The molecule has 0 fully saturated rings. The van der Waals surface area contributed by atoms with Gasteiger partial charge in [0.2, 0.25) is 0 Å². The van der Waals surface area contributed by atoms with Gasteiger partial charge < -0.3 is 15.7 Å². The fraction of sp³-hybridized carbons (Fsp3) is 0.333. The lowest BCUT2D eigenvalue weighted by Crippen LogP contribution is -2.44. The number of aliphatic carboxylic acids is 1. The summed E-state index contributed by atoms with van der Waals surface area (Å²) in [6.45, 7) is 1.73. The summed E-state index contributed by atoms with van der Waals surface area (Å²) in [7, 11) is 0. The van der Waals surface area contributed by atoms with Crippen LogP contribution in [-0.4, -0.2) is 29.7 Å². The van der Waals surface area contributed by atoms with Crippen molar-refractivity contribution in [1.82, 2.24) is 10.6 Å². The zero-order chi connectivity index (χ0) is 14.4. The molecule has 3 N–H and O–H groups in total. The highest BCUT2D eigenvalue weighted by molar-refractivity contribution is 6.35. The van der Waals surface area contributed by atoms with E-state index in [1.54, 1.807) is 18.2 Å². The Morgan fingerprint density at radius 2 is 2.05 bits per heavy atom. The van der Waals surface area contributed by atoms with Crippen LogP contribution in [0.2, 0.25) is 10.0 Å². The Morgan fingerprint density at radius 1 is 1.37 bits per heavy atom. The number of hydrogen-bond acceptors (Lipinski definition) is 2. The SMILES string of the molecule is C[C@H](NC(=O)NCCc1ccc(Cl)cc1Cl)C(=O)O. The highest BCUT2D eigenvalue weighted by atomic mass is 35.5. The first-order valence-electron chi connectivity index (χ1n) is 5.61. The standard InChI is InChI=1S/C12H14Cl2N2O3/c1-7(11(17)18)16-12(19)15-5-4-8-2-3-9(13)6-10(8)14/h2-3,6-7H,4-5H2,1H3,(H,17,18)(H2,15,16,19)/t7-/m0/s1. The van der Waals surface area contributed by atoms with Crippen molar-refractivity contribution in [2.24, 2.45) is 0 Å². The van der Waals surface area contributed by atoms with Crippen LogP contribution < -0.4 is 10.6 Å². The van der Waals surface area contributed by atoms with E-state index in [2.05, 4.69) is 10.6 Å². The van der Waals surface area contributed by atoms with Crippen LogP contribution >= 0.6 is 23.2 Å². The molecule has 7 heteroatoms. The van der Waals surface area contributed by atoms with E-state index in [9.17, 15) is 9.59 Å². The molecule has 0 aliphatic carbocycles. The molecule has 0 saturated heterocycles. The van der Waals surface area contributed by atoms with Gasteiger partial charge in [0.15, 0.2) is 0 Å². The Balaban J connectivity index is 2.38. The highest BCUT2D eigenvalue weighted by Crippen LogP contribution is 2.20. The summed E-state index contributed by atoms with van der Waals surface area (Å²) in [6.07, 6.45) is 0.533. The second-order valence-electron chi connectivity index (χ2n) is 3.95. The van der Waals surface area contributed by atoms with Crippen LogP contribution in [0.15, 0.2) is 18.2 Å². The maximum absolute atomic E-state index is 11.3. The Bertz CT molecular complexity index is 480. The van der Waals surface area contributed by atoms with Gasteiger partial charge in [0.1, 0.15) is 6.04 Å². The van der Waals surface area contributed by atoms with E-state index in [-0.39, 0.29) is 0 Å². The molecule has 0 spiro atoms. The number of hydrogen-bond donors (Lipinski definition) is 3. The van der Waals surface area contributed by atoms with Gasteiger partial charge in [0, 0.05) is 16.6 Å². The molecule has 0 unspecified atom stereocenters. The largest absolute Gasteiger partial charge is 0.480 e. The number of carboxylic acid groups (broad SMARTS) is 1. The minimum absolute atomic E-state index is 0.347. The van der Waals surface area contributed by atoms with Crippen molar-refractivity contribution in [3.05, 3.63) is 33.8 Å². The summed E-state index contributed by atoms with van der Waals surface area (Å²) < 4.78 is 0. The number of carbonyl (C=O) groups is 2. The quantitative estimate of drug-likeness (QED) is 0.781. The van der Waals surface area contributed by atoms with Gasteiger partial charge >= 0.3 is 12.0 Å². The van der Waals surface area contributed by atoms with Gasteiger partial charge in [0.05, 0.1) is 0 Å². The molecular weight excluding hydrogens is 291 g/mol. The van der Waals surface area contributed by atoms with Gasteiger partial charge in [-0.2, -0.15) is 0 Å². The van der Waals surface area contributed by atoms with Crippen LogP contribution in [0.25, 0.3) is 0 Å². The predicted molar refractivity (Wildman–Crippen MR) is 73.8 cm³/mol. The van der Waals surface area contributed by atoms with Crippen molar-refractivity contribution in [2.75, 3.05) is 6.54 Å². The number of nitrogens with one attached hydrogen (secondary N) is 2. The number of benzene rings is 1. The van der Waals surface area contributed by atoms with Crippen molar-refractivity contribution in [3.8, 4) is 0 Å². The zero-order valence-electron chi connectivity index (χ0n) is 10.2. The van der Waals surface area contributed by atoms with Crippen LogP contribution in [0, 0.1) is 0 Å². The van der Waals surface area contributed by atoms with Crippen molar-refractivity contribution < 1.29 is 14.7 Å². The van der Waals surface area contributed by atoms with Crippen LogP contribution in [0.1, 0.15) is 12.5 Å². The topological polar surface area (TPSA) is 78.4 Å². The molecule has 104 valence electrons. The first-order valence-corrected chi connectivity index (χ1v) is 6.37. The molecular formula is C12H14Cl2N2O3. The van der Waals surface area contributed by atoms with Crippen molar-refractivity contribution in [3.63, 3.8) is 0 Å². The number of carboxylic acids is 1. The summed E-state index contributed by atoms with van der Waals surface area (Å²) in [5, 5.41) is 14.6. The molecule has 0 saturated carbocycles. The zero-order valence-corrected chi connectivity index (χ0v) is 11.8. The summed E-state index contributed by atoms with van der Waals surface area (Å²) >= 11 is 11.7. The fourth-order valence-corrected chi connectivity index (χ4v) is 1.85. The summed E-state index contributed by atoms with van der Waals surface area (Å²) in [4.78, 5) is 21.9. The molecule has 0 aromatic heterocycles. The number of halogens is 2. The van der Waals surface area contributed by atoms with E-state index in [1.165, 1.54) is 6.92 Å². The average Bonchev–Trinajstić information content (AvgIpc) is 2.31. The number of urea groups is 1. The molecule has 1 aromatic rings. The predicted octanol–water partition coefficient (Wildman–Crippen LogP) is 2.31. The summed E-state index contributed by atoms with van der Waals surface area (Å²) in [5.74, 6) is -1.09. The monoisotopic (exact) mass is 304 g/mol. The van der Waals surface area contributed by atoms with Crippen LogP contribution in [0.3, 0.4) is 0 Å². The Kier molecular flexibility index (Phi) is 5.92. The molecule has 1 atom stereocenters. The Hall–Kier alpha value is -1.46. The smallest absolute Gasteiger partial charge is 0.325 e. The highest BCUT2D eigenvalue weighted by Gasteiger charge is 2.13. The minimum Gasteiger partial charge on any atom is -0.480 e. The van der Waals surface area contributed by atoms with E-state index in [0.29, 0.717) is 23.0 Å². The second-order valence-corrected chi connectivity index (χ2v) is 4.79. The third-order valence-electron chi connectivity index (χ3n) is 2.41. The van der Waals surface area contributed by atoms with Crippen LogP contribution in [0.5, 0.6) is 0 Å². The van der Waals surface area contributed by atoms with Gasteiger partial charge in [-0.25, -0.2) is 4.79 Å². The summed E-state index contributed by atoms with van der Waals surface area (Å²) in [5.41, 5.74) is 0.859. The molecule has 19 heavy (non-hydrogen) atoms. The lowest BCUT2D eigenvalue weighted by Gasteiger charge is -2.11. The van der Waals surface area contributed by atoms with Crippen LogP contribution in [-0.2, 0) is 11.2 Å². The lowest BCUT2D eigenvalue weighted by molar-refractivity contribution is -0.138. The van der Waals surface area contributed by atoms with Gasteiger partial charge in [-0.05, 0) is 31.0 Å². The number of carbonyl (C=O) groups excluding carboxylic acids is 1. The minimum atomic E-state index is -1.09. The lowest BCUT2D eigenvalue weighted by atomic mass is 10.1. The molecule has 1 rings (SSSR count). The maximum atomic E-state index is 11.3. The molecule has 5 nitrogen and oxygen atoms in total. The van der Waals surface area contributed by atoms with E-state index >= 15 is 0 Å². The van der Waals surface area contributed by atoms with Crippen molar-refractivity contribution >= 4 is 35.2 Å². The second kappa shape index (κ2) is 7.21. The van der Waals surface area contributed by atoms with Gasteiger partial charge in [-0.1, -0.05) is 29.3 Å². The van der Waals surface area contributed by atoms with E-state index < -0.39 is 18.0 Å². The van der Waals surface area contributed by atoms with E-state index in [0.717, 1.165) is 5.56 Å². The van der Waals surface area contributed by atoms with Gasteiger partial charge in [-0.3, -0.25) is 4.79 Å². The summed E-state index contributed by atoms with van der Waals surface area (Å²) in [6, 6.07) is 3.67. The molecule has 0 aliphatic rings. The number of amides is 2. The Labute approximate surface area is 120 Å². The molecule has 0 bridgehead atoms. The maximum Gasteiger partial charge on any atom is 0.325 e. The Morgan fingerprint density at radius 3 is 2.63 bits per heavy atom. The van der Waals surface area contributed by atoms with Crippen LogP contribution in [0.4, 0.5) is 4.79 Å². The third kappa shape index (κ3) is 5.36. The number of rotatable bonds is 5. The third-order valence-corrected chi connectivity index (χ3v) is 3.00.